The molecule has 1 aliphatic heterocycles. The third kappa shape index (κ3) is 1.00. The highest BCUT2D eigenvalue weighted by Crippen LogP contribution is 2.15. The molecule has 48 valence electrons. The summed E-state index contributed by atoms with van der Waals surface area (Å²) in [7, 11) is -4.87. The Kier molecular flexibility index (Phi) is 0.361. The largest absolute Gasteiger partial charge is 0.330 e. The van der Waals surface area contributed by atoms with E-state index in [0.29, 0.717) is 0 Å². The van der Waals surface area contributed by atoms with Crippen molar-refractivity contribution < 1.29 is 18.0 Å². The van der Waals surface area contributed by atoms with Crippen molar-refractivity contribution in [3.63, 3.8) is 0 Å². The lowest BCUT2D eigenvalue weighted by Gasteiger charge is -2.23. The minimum absolute atomic E-state index is 3.11. The first-order valence-electron chi connectivity index (χ1n) is 5.28. The molecule has 0 unspecified atom stereocenters. The summed E-state index contributed by atoms with van der Waals surface area (Å²) in [6, 6.07) is 0. The van der Waals surface area contributed by atoms with Crippen LogP contribution in [0.25, 0.3) is 0 Å². The zero-order chi connectivity index (χ0) is 12.5. The molecule has 0 aromatic heterocycles. The van der Waals surface area contributed by atoms with Gasteiger partial charge in [0.25, 0.3) is 0 Å². The summed E-state index contributed by atoms with van der Waals surface area (Å²) in [5.74, 6) is -3.17. The summed E-state index contributed by atoms with van der Waals surface area (Å²) >= 11 is 0. The summed E-state index contributed by atoms with van der Waals surface area (Å²) in [5, 5.41) is 0. The molecule has 0 spiro atoms. The second kappa shape index (κ2) is 1.70. The molecular formula is C4H9NO2S. The Morgan fingerprint density at radius 3 is 2.75 bits per heavy atom. The minimum atomic E-state index is -4.87. The van der Waals surface area contributed by atoms with Crippen molar-refractivity contribution in [1.29, 1.82) is 0 Å². The van der Waals surface area contributed by atoms with Crippen LogP contribution in [0.3, 0.4) is 0 Å². The molecule has 8 heavy (non-hydrogen) atoms. The van der Waals surface area contributed by atoms with Gasteiger partial charge in [-0.05, 0) is 12.4 Å². The van der Waals surface area contributed by atoms with Crippen LogP contribution < -0.4 is 5.73 Å². The van der Waals surface area contributed by atoms with Crippen LogP contribution in [0.5, 0.6) is 0 Å². The predicted molar refractivity (Wildman–Crippen MR) is 31.2 cm³/mol. The van der Waals surface area contributed by atoms with E-state index in [1.807, 2.05) is 0 Å². The maximum Gasteiger partial charge on any atom is 0.151 e. The van der Waals surface area contributed by atoms with E-state index >= 15 is 0 Å². The van der Waals surface area contributed by atoms with Crippen molar-refractivity contribution in [1.82, 2.24) is 0 Å². The van der Waals surface area contributed by atoms with Crippen molar-refractivity contribution in [2.24, 2.45) is 11.6 Å². The summed E-state index contributed by atoms with van der Waals surface area (Å²) in [5.41, 5.74) is -1.84. The number of nitrogens with two attached hydrogens (primary N) is 1. The first-order valence-corrected chi connectivity index (χ1v) is 3.26. The number of sulfone groups is 1. The molecule has 2 N–H and O–H groups in total. The Balaban J connectivity index is 3.50. The van der Waals surface area contributed by atoms with Crippen molar-refractivity contribution in [3.8, 4) is 0 Å². The first kappa shape index (κ1) is 1.70. The molecule has 0 radical (unpaired) electrons. The molecule has 0 atom stereocenters. The molecule has 0 aromatic rings. The monoisotopic (exact) mass is 142 g/mol. The maximum absolute atomic E-state index is 11.2. The molecule has 1 fully saturated rings. The molecule has 3 nitrogen and oxygen atoms in total. The van der Waals surface area contributed by atoms with E-state index in [4.69, 9.17) is 15.3 Å². The third-order valence-corrected chi connectivity index (χ3v) is 1.56. The van der Waals surface area contributed by atoms with Crippen LogP contribution in [0.15, 0.2) is 0 Å². The Bertz CT molecular complexity index is 374. The van der Waals surface area contributed by atoms with E-state index in [0.717, 1.165) is 0 Å². The van der Waals surface area contributed by atoms with Gasteiger partial charge < -0.3 is 5.73 Å². The molecule has 0 saturated carbocycles. The van der Waals surface area contributed by atoms with Gasteiger partial charge >= 0.3 is 0 Å². The van der Waals surface area contributed by atoms with E-state index in [9.17, 15) is 8.42 Å². The van der Waals surface area contributed by atoms with Crippen molar-refractivity contribution in [2.45, 2.75) is 0 Å². The molecule has 1 heterocycles. The predicted octanol–water partition coefficient (Wildman–Crippen LogP) is -1.01. The molecule has 0 amide bonds. The average Bonchev–Trinajstić information content (AvgIpc) is 1.98. The summed E-state index contributed by atoms with van der Waals surface area (Å²) in [4.78, 5) is 0. The van der Waals surface area contributed by atoms with Gasteiger partial charge in [0, 0.05) is 9.60 Å². The zero-order valence-corrected chi connectivity index (χ0v) is 4.62. The quantitative estimate of drug-likeness (QED) is 0.510. The SMILES string of the molecule is [2H]C([2H])(N)C1([2H])C([2H])([2H])S(=O)(=O)C1([2H])[2H]. The lowest BCUT2D eigenvalue weighted by atomic mass is 10.2. The minimum Gasteiger partial charge on any atom is -0.330 e. The highest BCUT2D eigenvalue weighted by Gasteiger charge is 2.31. The van der Waals surface area contributed by atoms with E-state index < -0.39 is 33.6 Å². The van der Waals surface area contributed by atoms with Crippen molar-refractivity contribution in [3.05, 3.63) is 0 Å². The molecule has 1 rings (SSSR count). The Morgan fingerprint density at radius 2 is 2.50 bits per heavy atom. The lowest BCUT2D eigenvalue weighted by Crippen LogP contribution is -2.40. The van der Waals surface area contributed by atoms with Gasteiger partial charge in [-0.2, -0.15) is 0 Å². The van der Waals surface area contributed by atoms with Crippen LogP contribution >= 0.6 is 0 Å². The number of rotatable bonds is 1. The zero-order valence-electron chi connectivity index (χ0n) is 10.8. The third-order valence-electron chi connectivity index (χ3n) is 0.617. The lowest BCUT2D eigenvalue weighted by molar-refractivity contribution is 0.526. The van der Waals surface area contributed by atoms with Crippen molar-refractivity contribution in [2.75, 3.05) is 17.9 Å². The standard InChI is InChI=1S/C4H9NO2S/c5-1-4-2-8(6,7)3-4/h4H,1-3,5H2/i1D2,2D2,3D2,4D. The van der Waals surface area contributed by atoms with Gasteiger partial charge in [-0.3, -0.25) is 0 Å². The fraction of sp³-hybridized carbons (Fsp3) is 1.00. The molecule has 4 heteroatoms. The van der Waals surface area contributed by atoms with Gasteiger partial charge in [0.1, 0.15) is 0 Å². The smallest absolute Gasteiger partial charge is 0.151 e. The van der Waals surface area contributed by atoms with E-state index in [1.54, 1.807) is 0 Å². The van der Waals surface area contributed by atoms with Gasteiger partial charge in [-0.1, -0.05) is 0 Å². The fourth-order valence-corrected chi connectivity index (χ4v) is 0.983. The second-order valence-corrected chi connectivity index (χ2v) is 2.64. The first-order chi connectivity index (χ1) is 6.25. The summed E-state index contributed by atoms with van der Waals surface area (Å²) < 4.78 is 71.9. The van der Waals surface area contributed by atoms with Crippen molar-refractivity contribution >= 4 is 9.84 Å². The summed E-state index contributed by atoms with van der Waals surface area (Å²) in [6.45, 7) is -3.11. The van der Waals surface area contributed by atoms with Gasteiger partial charge in [0.2, 0.25) is 0 Å². The van der Waals surface area contributed by atoms with Crippen LogP contribution in [0.1, 0.15) is 9.60 Å². The van der Waals surface area contributed by atoms with E-state index in [-0.39, 0.29) is 0 Å². The fourth-order valence-electron chi connectivity index (χ4n) is 0.328. The van der Waals surface area contributed by atoms with Gasteiger partial charge in [-0.15, -0.1) is 0 Å². The Morgan fingerprint density at radius 1 is 2.00 bits per heavy atom. The highest BCUT2D eigenvalue weighted by atomic mass is 32.2. The molecule has 1 saturated heterocycles. The second-order valence-electron chi connectivity index (χ2n) is 1.23. The number of hydrogen-bond donors (Lipinski definition) is 1. The molecule has 0 aliphatic carbocycles. The normalized spacial score (nSPS) is 58.4. The van der Waals surface area contributed by atoms with Crippen LogP contribution in [-0.4, -0.2) is 26.3 Å². The van der Waals surface area contributed by atoms with Gasteiger partial charge in [-0.25, -0.2) is 8.42 Å². The van der Waals surface area contributed by atoms with E-state index in [1.165, 1.54) is 0 Å². The van der Waals surface area contributed by atoms with Crippen LogP contribution in [0.2, 0.25) is 0 Å². The topological polar surface area (TPSA) is 60.2 Å². The van der Waals surface area contributed by atoms with Gasteiger partial charge in [0.15, 0.2) is 9.84 Å². The van der Waals surface area contributed by atoms with Gasteiger partial charge in [0.05, 0.1) is 11.4 Å². The summed E-state index contributed by atoms with van der Waals surface area (Å²) in [6.07, 6.45) is 0. The number of hydrogen-bond acceptors (Lipinski definition) is 3. The Hall–Kier alpha value is -0.0900. The maximum atomic E-state index is 11.2. The molecule has 0 aromatic carbocycles. The van der Waals surface area contributed by atoms with Crippen LogP contribution in [0, 0.1) is 5.89 Å². The molecule has 0 bridgehead atoms. The Labute approximate surface area is 58.6 Å². The van der Waals surface area contributed by atoms with Crippen LogP contribution in [0.4, 0.5) is 0 Å². The molecule has 1 aliphatic rings. The molecular weight excluding hydrogens is 126 g/mol. The van der Waals surface area contributed by atoms with Crippen LogP contribution in [-0.2, 0) is 9.84 Å². The van der Waals surface area contributed by atoms with E-state index in [2.05, 4.69) is 0 Å². The highest BCUT2D eigenvalue weighted by molar-refractivity contribution is 7.92. The average molecular weight is 142 g/mol.